The first-order valence-corrected chi connectivity index (χ1v) is 6.23. The minimum atomic E-state index is -0.486. The number of ether oxygens (including phenoxy) is 1. The maximum Gasteiger partial charge on any atom is 0.273 e. The van der Waals surface area contributed by atoms with Crippen molar-refractivity contribution in [3.8, 4) is 11.5 Å². The summed E-state index contributed by atoms with van der Waals surface area (Å²) in [6.07, 6.45) is 0. The van der Waals surface area contributed by atoms with Crippen LogP contribution in [0.15, 0.2) is 30.3 Å². The van der Waals surface area contributed by atoms with Crippen LogP contribution in [-0.2, 0) is 6.54 Å². The van der Waals surface area contributed by atoms with Crippen LogP contribution in [0.4, 0.5) is 11.4 Å². The zero-order valence-electron chi connectivity index (χ0n) is 11.7. The zero-order chi connectivity index (χ0) is 15.4. The van der Waals surface area contributed by atoms with E-state index in [4.69, 9.17) is 4.74 Å². The van der Waals surface area contributed by atoms with Gasteiger partial charge in [-0.25, -0.2) is 0 Å². The van der Waals surface area contributed by atoms with Crippen molar-refractivity contribution in [2.45, 2.75) is 13.5 Å². The predicted molar refractivity (Wildman–Crippen MR) is 77.6 cm³/mol. The van der Waals surface area contributed by atoms with E-state index in [-0.39, 0.29) is 18.0 Å². The average molecular weight is 289 g/mol. The lowest BCUT2D eigenvalue weighted by atomic mass is 10.2. The molecule has 21 heavy (non-hydrogen) atoms. The van der Waals surface area contributed by atoms with E-state index in [9.17, 15) is 15.2 Å². The molecule has 0 amide bonds. The van der Waals surface area contributed by atoms with Gasteiger partial charge in [-0.15, -0.1) is 0 Å². The standard InChI is InChI=1S/C14H15N3O4/c1-9-3-6-13(18)12(16-9)8-15-11-5-4-10(17(19)20)7-14(11)21-2/h3-7,15,18H,8H2,1-2H3. The van der Waals surface area contributed by atoms with E-state index in [1.807, 2.05) is 6.92 Å². The number of nitro benzene ring substituents is 1. The Balaban J connectivity index is 2.19. The minimum absolute atomic E-state index is 0.0473. The van der Waals surface area contributed by atoms with Gasteiger partial charge in [0.2, 0.25) is 0 Å². The van der Waals surface area contributed by atoms with Gasteiger partial charge in [0.25, 0.3) is 5.69 Å². The minimum Gasteiger partial charge on any atom is -0.506 e. The Morgan fingerprint density at radius 2 is 2.14 bits per heavy atom. The van der Waals surface area contributed by atoms with E-state index in [0.29, 0.717) is 17.1 Å². The van der Waals surface area contributed by atoms with Crippen LogP contribution in [0.1, 0.15) is 11.4 Å². The Morgan fingerprint density at radius 3 is 2.81 bits per heavy atom. The van der Waals surface area contributed by atoms with Crippen LogP contribution < -0.4 is 10.1 Å². The van der Waals surface area contributed by atoms with Gasteiger partial charge in [0, 0.05) is 11.8 Å². The van der Waals surface area contributed by atoms with Crippen molar-refractivity contribution in [2.24, 2.45) is 0 Å². The van der Waals surface area contributed by atoms with Gasteiger partial charge in [-0.2, -0.15) is 0 Å². The normalized spacial score (nSPS) is 10.2. The number of aromatic nitrogens is 1. The molecule has 2 rings (SSSR count). The first-order chi connectivity index (χ1) is 10.0. The molecule has 0 fully saturated rings. The van der Waals surface area contributed by atoms with Crippen LogP contribution in [0.25, 0.3) is 0 Å². The number of aromatic hydroxyl groups is 1. The molecule has 0 saturated carbocycles. The first-order valence-electron chi connectivity index (χ1n) is 6.23. The Morgan fingerprint density at radius 1 is 1.38 bits per heavy atom. The van der Waals surface area contributed by atoms with Crippen LogP contribution in [0, 0.1) is 17.0 Å². The highest BCUT2D eigenvalue weighted by atomic mass is 16.6. The van der Waals surface area contributed by atoms with Crippen LogP contribution in [0.3, 0.4) is 0 Å². The van der Waals surface area contributed by atoms with Gasteiger partial charge >= 0.3 is 0 Å². The number of benzene rings is 1. The summed E-state index contributed by atoms with van der Waals surface area (Å²) in [6, 6.07) is 7.57. The van der Waals surface area contributed by atoms with Crippen molar-refractivity contribution in [3.63, 3.8) is 0 Å². The molecule has 2 aromatic rings. The second-order valence-electron chi connectivity index (χ2n) is 4.41. The number of nitro groups is 1. The topological polar surface area (TPSA) is 97.5 Å². The number of methoxy groups -OCH3 is 1. The van der Waals surface area contributed by atoms with E-state index < -0.39 is 4.92 Å². The number of nitrogens with zero attached hydrogens (tertiary/aromatic N) is 2. The fourth-order valence-corrected chi connectivity index (χ4v) is 1.85. The molecule has 7 nitrogen and oxygen atoms in total. The molecular formula is C14H15N3O4. The lowest BCUT2D eigenvalue weighted by molar-refractivity contribution is -0.384. The molecule has 110 valence electrons. The quantitative estimate of drug-likeness (QED) is 0.648. The lowest BCUT2D eigenvalue weighted by Gasteiger charge is -2.11. The van der Waals surface area contributed by atoms with Crippen LogP contribution in [-0.4, -0.2) is 22.1 Å². The summed E-state index contributed by atoms with van der Waals surface area (Å²) >= 11 is 0. The number of hydrogen-bond acceptors (Lipinski definition) is 6. The molecule has 7 heteroatoms. The predicted octanol–water partition coefficient (Wildman–Crippen LogP) is 2.62. The maximum atomic E-state index is 10.7. The van der Waals surface area contributed by atoms with E-state index in [0.717, 1.165) is 5.69 Å². The third-order valence-corrected chi connectivity index (χ3v) is 2.93. The molecule has 1 heterocycles. The first kappa shape index (κ1) is 14.6. The molecule has 0 unspecified atom stereocenters. The summed E-state index contributed by atoms with van der Waals surface area (Å²) in [5.41, 5.74) is 1.83. The van der Waals surface area contributed by atoms with Crippen LogP contribution in [0.5, 0.6) is 11.5 Å². The molecule has 0 aliphatic carbocycles. The van der Waals surface area contributed by atoms with Gasteiger partial charge in [-0.3, -0.25) is 15.1 Å². The van der Waals surface area contributed by atoms with Crippen LogP contribution >= 0.6 is 0 Å². The van der Waals surface area contributed by atoms with Gasteiger partial charge in [0.1, 0.15) is 17.2 Å². The van der Waals surface area contributed by atoms with Crippen molar-refractivity contribution in [1.29, 1.82) is 0 Å². The summed E-state index contributed by atoms with van der Waals surface area (Å²) in [5, 5.41) is 23.5. The summed E-state index contributed by atoms with van der Waals surface area (Å²) in [5.74, 6) is 0.449. The molecule has 1 aromatic heterocycles. The molecule has 0 aliphatic rings. The van der Waals surface area contributed by atoms with Crippen molar-refractivity contribution in [3.05, 3.63) is 51.8 Å². The fourth-order valence-electron chi connectivity index (χ4n) is 1.85. The van der Waals surface area contributed by atoms with E-state index >= 15 is 0 Å². The third kappa shape index (κ3) is 3.38. The molecule has 0 bridgehead atoms. The average Bonchev–Trinajstić information content (AvgIpc) is 2.47. The summed E-state index contributed by atoms with van der Waals surface area (Å²) in [4.78, 5) is 14.5. The third-order valence-electron chi connectivity index (χ3n) is 2.93. The number of anilines is 1. The van der Waals surface area contributed by atoms with Crippen molar-refractivity contribution in [1.82, 2.24) is 4.98 Å². The second-order valence-corrected chi connectivity index (χ2v) is 4.41. The van der Waals surface area contributed by atoms with E-state index in [1.165, 1.54) is 19.2 Å². The SMILES string of the molecule is COc1cc([N+](=O)[O-])ccc1NCc1nc(C)ccc1O. The second kappa shape index (κ2) is 6.08. The molecule has 0 aliphatic heterocycles. The number of aryl methyl sites for hydroxylation is 1. The molecule has 2 N–H and O–H groups in total. The van der Waals surface area contributed by atoms with Crippen LogP contribution in [0.2, 0.25) is 0 Å². The van der Waals surface area contributed by atoms with Crippen molar-refractivity contribution in [2.75, 3.05) is 12.4 Å². The Kier molecular flexibility index (Phi) is 4.22. The fraction of sp³-hybridized carbons (Fsp3) is 0.214. The monoisotopic (exact) mass is 289 g/mol. The lowest BCUT2D eigenvalue weighted by Crippen LogP contribution is -2.04. The Bertz CT molecular complexity index is 673. The van der Waals surface area contributed by atoms with Gasteiger partial charge in [0.15, 0.2) is 0 Å². The maximum absolute atomic E-state index is 10.7. The van der Waals surface area contributed by atoms with E-state index in [1.54, 1.807) is 18.2 Å². The summed E-state index contributed by atoms with van der Waals surface area (Å²) in [7, 11) is 1.44. The molecular weight excluding hydrogens is 274 g/mol. The van der Waals surface area contributed by atoms with Gasteiger partial charge in [-0.1, -0.05) is 0 Å². The smallest absolute Gasteiger partial charge is 0.273 e. The Labute approximate surface area is 121 Å². The number of nitrogens with one attached hydrogen (secondary N) is 1. The molecule has 1 aromatic carbocycles. The Hall–Kier alpha value is -2.83. The summed E-state index contributed by atoms with van der Waals surface area (Å²) in [6.45, 7) is 2.11. The highest BCUT2D eigenvalue weighted by Crippen LogP contribution is 2.29. The van der Waals surface area contributed by atoms with Gasteiger partial charge in [-0.05, 0) is 25.1 Å². The number of hydrogen-bond donors (Lipinski definition) is 2. The highest BCUT2D eigenvalue weighted by Gasteiger charge is 2.12. The number of rotatable bonds is 5. The zero-order valence-corrected chi connectivity index (χ0v) is 11.7. The van der Waals surface area contributed by atoms with Crippen molar-refractivity contribution >= 4 is 11.4 Å². The molecule has 0 saturated heterocycles. The molecule has 0 atom stereocenters. The summed E-state index contributed by atoms with van der Waals surface area (Å²) < 4.78 is 5.13. The number of non-ortho nitro benzene ring substituents is 1. The highest BCUT2D eigenvalue weighted by molar-refractivity contribution is 5.61. The largest absolute Gasteiger partial charge is 0.506 e. The molecule has 0 spiro atoms. The van der Waals surface area contributed by atoms with Gasteiger partial charge in [0.05, 0.1) is 30.3 Å². The molecule has 0 radical (unpaired) electrons. The van der Waals surface area contributed by atoms with Gasteiger partial charge < -0.3 is 15.2 Å². The number of pyridine rings is 1. The van der Waals surface area contributed by atoms with Crippen molar-refractivity contribution < 1.29 is 14.8 Å². The van der Waals surface area contributed by atoms with E-state index in [2.05, 4.69) is 10.3 Å².